The topological polar surface area (TPSA) is 43.6 Å². The van der Waals surface area contributed by atoms with E-state index in [4.69, 9.17) is 15.0 Å². The molecule has 208 valence electrons. The molecular weight excluding hydrogens is 644 g/mol. The summed E-state index contributed by atoms with van der Waals surface area (Å²) in [5.74, 6) is 0.868. The molecule has 9 aromatic rings. The molecule has 0 aliphatic carbocycles. The van der Waals surface area contributed by atoms with E-state index in [0.29, 0.717) is 0 Å². The van der Waals surface area contributed by atoms with Crippen molar-refractivity contribution in [3.05, 3.63) is 132 Å². The Morgan fingerprint density at radius 3 is 1.66 bits per heavy atom. The molecule has 0 fully saturated rings. The molecule has 44 heavy (non-hydrogen) atoms. The lowest BCUT2D eigenvalue weighted by molar-refractivity contribution is 1.08. The van der Waals surface area contributed by atoms with Crippen LogP contribution in [0.15, 0.2) is 132 Å². The van der Waals surface area contributed by atoms with Crippen LogP contribution in [0.3, 0.4) is 0 Å². The lowest BCUT2D eigenvalue weighted by Crippen LogP contribution is -1.98. The van der Waals surface area contributed by atoms with E-state index in [0.717, 1.165) is 75.4 Å². The summed E-state index contributed by atoms with van der Waals surface area (Å²) < 4.78 is 5.61. The van der Waals surface area contributed by atoms with Gasteiger partial charge in [0, 0.05) is 38.1 Å². The van der Waals surface area contributed by atoms with Gasteiger partial charge in [0.05, 0.1) is 31.5 Å². The summed E-state index contributed by atoms with van der Waals surface area (Å²) in [4.78, 5) is 14.9. The van der Waals surface area contributed by atoms with Crippen molar-refractivity contribution in [1.82, 2.24) is 19.5 Å². The Balaban J connectivity index is 1.29. The normalized spacial score (nSPS) is 11.8. The number of para-hydroxylation sites is 2. The molecule has 0 spiro atoms. The summed E-state index contributed by atoms with van der Waals surface area (Å²) in [7, 11) is 0. The Morgan fingerprint density at radius 1 is 0.545 bits per heavy atom. The molecular formula is C37H21BrN4S2. The minimum Gasteiger partial charge on any atom is -0.294 e. The second-order valence-electron chi connectivity index (χ2n) is 10.7. The van der Waals surface area contributed by atoms with E-state index in [2.05, 4.69) is 124 Å². The second kappa shape index (κ2) is 10.2. The van der Waals surface area contributed by atoms with E-state index in [1.54, 1.807) is 22.7 Å². The van der Waals surface area contributed by atoms with Gasteiger partial charge in [0.1, 0.15) is 15.8 Å². The number of pyridine rings is 1. The van der Waals surface area contributed by atoms with E-state index in [1.165, 1.54) is 9.40 Å². The summed E-state index contributed by atoms with van der Waals surface area (Å²) in [5, 5.41) is 4.35. The average molecular weight is 666 g/mol. The van der Waals surface area contributed by atoms with Crippen molar-refractivity contribution >= 4 is 80.8 Å². The fourth-order valence-corrected chi connectivity index (χ4v) is 8.29. The Labute approximate surface area is 269 Å². The molecule has 0 aliphatic heterocycles. The van der Waals surface area contributed by atoms with Crippen molar-refractivity contribution in [3.63, 3.8) is 0 Å². The molecule has 4 nitrogen and oxygen atoms in total. The molecule has 0 N–H and O–H groups in total. The Hall–Kier alpha value is -4.69. The molecule has 0 amide bonds. The van der Waals surface area contributed by atoms with Crippen LogP contribution >= 0.6 is 38.6 Å². The molecule has 0 unspecified atom stereocenters. The maximum atomic E-state index is 4.96. The number of rotatable bonds is 4. The molecule has 4 aromatic heterocycles. The van der Waals surface area contributed by atoms with Crippen molar-refractivity contribution in [2.75, 3.05) is 0 Å². The van der Waals surface area contributed by atoms with Crippen molar-refractivity contribution in [1.29, 1.82) is 0 Å². The van der Waals surface area contributed by atoms with Crippen LogP contribution in [-0.2, 0) is 0 Å². The summed E-state index contributed by atoms with van der Waals surface area (Å²) in [6.07, 6.45) is 1.90. The van der Waals surface area contributed by atoms with Gasteiger partial charge in [-0.2, -0.15) is 0 Å². The van der Waals surface area contributed by atoms with Crippen LogP contribution in [0.25, 0.3) is 80.3 Å². The smallest absolute Gasteiger partial charge is 0.138 e. The first-order valence-corrected chi connectivity index (χ1v) is 16.6. The molecule has 0 saturated carbocycles. The van der Waals surface area contributed by atoms with E-state index in [9.17, 15) is 0 Å². The number of thiazole rings is 2. The highest BCUT2D eigenvalue weighted by atomic mass is 79.9. The average Bonchev–Trinajstić information content (AvgIpc) is 3.79. The fraction of sp³-hybridized carbons (Fsp3) is 0. The molecule has 0 saturated heterocycles. The van der Waals surface area contributed by atoms with Crippen LogP contribution in [0.2, 0.25) is 0 Å². The third-order valence-corrected chi connectivity index (χ3v) is 10.8. The van der Waals surface area contributed by atoms with Crippen LogP contribution in [-0.4, -0.2) is 19.5 Å². The lowest BCUT2D eigenvalue weighted by Gasteiger charge is -2.11. The van der Waals surface area contributed by atoms with Gasteiger partial charge in [-0.1, -0.05) is 54.6 Å². The third-order valence-electron chi connectivity index (χ3n) is 8.00. The first-order valence-electron chi connectivity index (χ1n) is 14.2. The Kier molecular flexibility index (Phi) is 5.97. The zero-order valence-corrected chi connectivity index (χ0v) is 26.3. The van der Waals surface area contributed by atoms with Gasteiger partial charge in [0.15, 0.2) is 0 Å². The summed E-state index contributed by atoms with van der Waals surface area (Å²) in [6.45, 7) is 0. The standard InChI is InChI=1S/C37H21BrN4S2/c38-28-21-39-35(20-25(28)22-8-2-1-3-9-22)42-31-16-14-23(36-40-29-10-4-6-12-33(29)43-36)18-26(31)27-19-24(15-17-32(27)42)37-41-30-11-5-7-13-34(30)44-37/h1-21H. The SMILES string of the molecule is Brc1cnc(-n2c3ccc(-c4nc5ccccc5s4)cc3c3cc(-c4nc5ccccc5s4)ccc32)cc1-c1ccccc1. The number of hydrogen-bond donors (Lipinski definition) is 0. The fourth-order valence-electron chi connectivity index (χ4n) is 5.92. The minimum atomic E-state index is 0.868. The predicted molar refractivity (Wildman–Crippen MR) is 189 cm³/mol. The van der Waals surface area contributed by atoms with E-state index in [1.807, 2.05) is 24.4 Å². The highest BCUT2D eigenvalue weighted by Crippen LogP contribution is 2.40. The van der Waals surface area contributed by atoms with Crippen LogP contribution in [0, 0.1) is 0 Å². The second-order valence-corrected chi connectivity index (χ2v) is 13.6. The Morgan fingerprint density at radius 2 is 1.09 bits per heavy atom. The molecule has 7 heteroatoms. The first kappa shape index (κ1) is 25.8. The highest BCUT2D eigenvalue weighted by Gasteiger charge is 2.18. The number of fused-ring (bicyclic) bond motifs is 5. The quantitative estimate of drug-likeness (QED) is 0.188. The van der Waals surface area contributed by atoms with Crippen LogP contribution < -0.4 is 0 Å². The van der Waals surface area contributed by atoms with Gasteiger partial charge in [-0.05, 0) is 88.2 Å². The Bertz CT molecular complexity index is 2330. The van der Waals surface area contributed by atoms with E-state index < -0.39 is 0 Å². The van der Waals surface area contributed by atoms with Gasteiger partial charge in [-0.25, -0.2) is 15.0 Å². The molecule has 0 radical (unpaired) electrons. The maximum absolute atomic E-state index is 4.96. The summed E-state index contributed by atoms with van der Waals surface area (Å²) in [6, 6.07) is 42.6. The number of aromatic nitrogens is 4. The van der Waals surface area contributed by atoms with Gasteiger partial charge >= 0.3 is 0 Å². The third kappa shape index (κ3) is 4.19. The highest BCUT2D eigenvalue weighted by molar-refractivity contribution is 9.10. The zero-order valence-electron chi connectivity index (χ0n) is 23.1. The maximum Gasteiger partial charge on any atom is 0.138 e. The van der Waals surface area contributed by atoms with Crippen LogP contribution in [0.4, 0.5) is 0 Å². The number of hydrogen-bond acceptors (Lipinski definition) is 5. The number of nitrogens with zero attached hydrogens (tertiary/aromatic N) is 4. The van der Waals surface area contributed by atoms with Crippen molar-refractivity contribution < 1.29 is 0 Å². The van der Waals surface area contributed by atoms with Gasteiger partial charge in [-0.3, -0.25) is 4.57 Å². The summed E-state index contributed by atoms with van der Waals surface area (Å²) >= 11 is 7.20. The van der Waals surface area contributed by atoms with Gasteiger partial charge in [-0.15, -0.1) is 22.7 Å². The molecule has 9 rings (SSSR count). The van der Waals surface area contributed by atoms with Crippen molar-refractivity contribution in [3.8, 4) is 38.1 Å². The van der Waals surface area contributed by atoms with Gasteiger partial charge in [0.25, 0.3) is 0 Å². The van der Waals surface area contributed by atoms with Crippen molar-refractivity contribution in [2.24, 2.45) is 0 Å². The van der Waals surface area contributed by atoms with Gasteiger partial charge in [0.2, 0.25) is 0 Å². The van der Waals surface area contributed by atoms with E-state index in [-0.39, 0.29) is 0 Å². The predicted octanol–water partition coefficient (Wildman–Crippen LogP) is 11.2. The molecule has 5 aromatic carbocycles. The molecule has 0 bridgehead atoms. The molecule has 0 aliphatic rings. The number of benzene rings is 5. The van der Waals surface area contributed by atoms with E-state index >= 15 is 0 Å². The first-order chi connectivity index (χ1) is 21.7. The summed E-state index contributed by atoms with van der Waals surface area (Å²) in [5.41, 5.74) is 8.71. The zero-order chi connectivity index (χ0) is 29.2. The van der Waals surface area contributed by atoms with Crippen molar-refractivity contribution in [2.45, 2.75) is 0 Å². The van der Waals surface area contributed by atoms with Crippen LogP contribution in [0.5, 0.6) is 0 Å². The number of halogens is 1. The monoisotopic (exact) mass is 664 g/mol. The van der Waals surface area contributed by atoms with Crippen LogP contribution in [0.1, 0.15) is 0 Å². The molecule has 0 atom stereocenters. The minimum absolute atomic E-state index is 0.868. The molecule has 4 heterocycles. The lowest BCUT2D eigenvalue weighted by atomic mass is 10.1. The van der Waals surface area contributed by atoms with Gasteiger partial charge < -0.3 is 0 Å². The largest absolute Gasteiger partial charge is 0.294 e.